The van der Waals surface area contributed by atoms with E-state index in [9.17, 15) is 9.59 Å². The Kier molecular flexibility index (Phi) is 7.59. The van der Waals surface area contributed by atoms with Crippen LogP contribution in [0.15, 0.2) is 24.3 Å². The van der Waals surface area contributed by atoms with Crippen LogP contribution in [0, 0.1) is 5.92 Å². The van der Waals surface area contributed by atoms with E-state index in [1.54, 1.807) is 18.9 Å². The monoisotopic (exact) mass is 320 g/mol. The number of rotatable bonds is 8. The van der Waals surface area contributed by atoms with Crippen molar-refractivity contribution in [2.24, 2.45) is 5.92 Å². The van der Waals surface area contributed by atoms with Crippen LogP contribution in [0.4, 0.5) is 0 Å². The Morgan fingerprint density at radius 3 is 2.26 bits per heavy atom. The van der Waals surface area contributed by atoms with Crippen LogP contribution in [-0.4, -0.2) is 36.4 Å². The summed E-state index contributed by atoms with van der Waals surface area (Å²) in [5.41, 5.74) is 0.961. The van der Waals surface area contributed by atoms with E-state index in [1.165, 1.54) is 6.92 Å². The third-order valence-electron chi connectivity index (χ3n) is 3.78. The highest BCUT2D eigenvalue weighted by atomic mass is 16.5. The second-order valence-electron chi connectivity index (χ2n) is 6.14. The maximum Gasteiger partial charge on any atom is 0.242 e. The van der Waals surface area contributed by atoms with E-state index in [0.29, 0.717) is 19.0 Å². The molecule has 2 amide bonds. The molecule has 1 atom stereocenters. The molecule has 0 bridgehead atoms. The van der Waals surface area contributed by atoms with Gasteiger partial charge in [-0.15, -0.1) is 0 Å². The molecule has 0 saturated carbocycles. The Morgan fingerprint density at radius 2 is 1.78 bits per heavy atom. The summed E-state index contributed by atoms with van der Waals surface area (Å²) in [5.74, 6) is 1.07. The van der Waals surface area contributed by atoms with Crippen LogP contribution >= 0.6 is 0 Å². The lowest BCUT2D eigenvalue weighted by molar-refractivity contribution is -0.139. The van der Waals surface area contributed by atoms with Gasteiger partial charge in [-0.05, 0) is 37.0 Å². The quantitative estimate of drug-likeness (QED) is 0.801. The molecule has 5 nitrogen and oxygen atoms in total. The lowest BCUT2D eigenvalue weighted by Crippen LogP contribution is -2.47. The van der Waals surface area contributed by atoms with Gasteiger partial charge in [0.2, 0.25) is 11.8 Å². The molecule has 128 valence electrons. The highest BCUT2D eigenvalue weighted by Gasteiger charge is 2.23. The molecule has 1 rings (SSSR count). The first-order valence-electron chi connectivity index (χ1n) is 8.03. The predicted molar refractivity (Wildman–Crippen MR) is 91.1 cm³/mol. The van der Waals surface area contributed by atoms with Crippen molar-refractivity contribution in [2.45, 2.75) is 46.7 Å². The van der Waals surface area contributed by atoms with Gasteiger partial charge in [0.05, 0.1) is 7.11 Å². The predicted octanol–water partition coefficient (Wildman–Crippen LogP) is 2.59. The first-order chi connectivity index (χ1) is 10.8. The zero-order valence-electron chi connectivity index (χ0n) is 14.8. The average Bonchev–Trinajstić information content (AvgIpc) is 2.51. The van der Waals surface area contributed by atoms with Gasteiger partial charge in [0.1, 0.15) is 11.8 Å². The molecular weight excluding hydrogens is 292 g/mol. The molecule has 23 heavy (non-hydrogen) atoms. The highest BCUT2D eigenvalue weighted by Crippen LogP contribution is 2.14. The number of ether oxygens (including phenoxy) is 1. The summed E-state index contributed by atoms with van der Waals surface area (Å²) in [7, 11) is 1.61. The summed E-state index contributed by atoms with van der Waals surface area (Å²) in [6.07, 6.45) is 0.928. The van der Waals surface area contributed by atoms with Crippen molar-refractivity contribution in [2.75, 3.05) is 13.7 Å². The van der Waals surface area contributed by atoms with Gasteiger partial charge >= 0.3 is 0 Å². The van der Waals surface area contributed by atoms with Crippen LogP contribution in [0.3, 0.4) is 0 Å². The molecule has 5 heteroatoms. The molecule has 1 aromatic carbocycles. The Bertz CT molecular complexity index is 512. The average molecular weight is 320 g/mol. The Labute approximate surface area is 139 Å². The van der Waals surface area contributed by atoms with Gasteiger partial charge < -0.3 is 15.0 Å². The molecular formula is C18H28N2O3. The molecule has 1 aromatic rings. The third-order valence-corrected chi connectivity index (χ3v) is 3.78. The summed E-state index contributed by atoms with van der Waals surface area (Å²) in [6.45, 7) is 8.51. The fourth-order valence-electron chi connectivity index (χ4n) is 2.22. The van der Waals surface area contributed by atoms with E-state index in [1.807, 2.05) is 24.3 Å². The van der Waals surface area contributed by atoms with Crippen molar-refractivity contribution < 1.29 is 14.3 Å². The number of nitrogens with zero attached hydrogens (tertiary/aromatic N) is 1. The molecule has 0 aromatic heterocycles. The summed E-state index contributed by atoms with van der Waals surface area (Å²) in [4.78, 5) is 25.7. The minimum Gasteiger partial charge on any atom is -0.497 e. The van der Waals surface area contributed by atoms with E-state index < -0.39 is 6.04 Å². The van der Waals surface area contributed by atoms with Crippen LogP contribution in [0.5, 0.6) is 5.75 Å². The lowest BCUT2D eigenvalue weighted by atomic mass is 10.1. The van der Waals surface area contributed by atoms with Crippen molar-refractivity contribution in [3.05, 3.63) is 29.8 Å². The van der Waals surface area contributed by atoms with Gasteiger partial charge in [0.25, 0.3) is 0 Å². The van der Waals surface area contributed by atoms with Crippen molar-refractivity contribution in [3.63, 3.8) is 0 Å². The van der Waals surface area contributed by atoms with Gasteiger partial charge in [0.15, 0.2) is 0 Å². The normalized spacial score (nSPS) is 11.9. The second-order valence-corrected chi connectivity index (χ2v) is 6.14. The SMILES string of the molecule is COc1ccc(CN(C(C)=O)[C@@H](C)C(=O)NCCC(C)C)cc1. The van der Waals surface area contributed by atoms with Crippen molar-refractivity contribution in [3.8, 4) is 5.75 Å². The molecule has 1 N–H and O–H groups in total. The Hall–Kier alpha value is -2.04. The Morgan fingerprint density at radius 1 is 1.17 bits per heavy atom. The van der Waals surface area contributed by atoms with Gasteiger partial charge in [-0.1, -0.05) is 26.0 Å². The van der Waals surface area contributed by atoms with Gasteiger partial charge in [-0.25, -0.2) is 0 Å². The number of nitrogens with one attached hydrogen (secondary N) is 1. The molecule has 0 radical (unpaired) electrons. The summed E-state index contributed by atoms with van der Waals surface area (Å²) >= 11 is 0. The van der Waals surface area contributed by atoms with Crippen LogP contribution in [0.2, 0.25) is 0 Å². The second kappa shape index (κ2) is 9.18. The number of hydrogen-bond acceptors (Lipinski definition) is 3. The number of carbonyl (C=O) groups is 2. The fourth-order valence-corrected chi connectivity index (χ4v) is 2.22. The van der Waals surface area contributed by atoms with E-state index in [4.69, 9.17) is 4.74 Å². The van der Waals surface area contributed by atoms with Crippen LogP contribution in [0.1, 0.15) is 39.7 Å². The summed E-state index contributed by atoms with van der Waals surface area (Å²) in [6, 6.07) is 7.00. The van der Waals surface area contributed by atoms with Gasteiger partial charge in [-0.3, -0.25) is 9.59 Å². The minimum absolute atomic E-state index is 0.116. The zero-order chi connectivity index (χ0) is 17.4. The molecule has 0 fully saturated rings. The zero-order valence-corrected chi connectivity index (χ0v) is 14.8. The van der Waals surface area contributed by atoms with E-state index in [2.05, 4.69) is 19.2 Å². The summed E-state index contributed by atoms with van der Waals surface area (Å²) < 4.78 is 5.13. The smallest absolute Gasteiger partial charge is 0.242 e. The van der Waals surface area contributed by atoms with E-state index in [-0.39, 0.29) is 11.8 Å². The van der Waals surface area contributed by atoms with E-state index >= 15 is 0 Å². The van der Waals surface area contributed by atoms with Crippen LogP contribution < -0.4 is 10.1 Å². The standard InChI is InChI=1S/C18H28N2O3/c1-13(2)10-11-19-18(22)14(3)20(15(4)21)12-16-6-8-17(23-5)9-7-16/h6-9,13-14H,10-12H2,1-5H3,(H,19,22)/t14-/m0/s1. The molecule has 0 heterocycles. The van der Waals surface area contributed by atoms with Gasteiger partial charge in [0, 0.05) is 20.0 Å². The molecule has 0 aliphatic carbocycles. The lowest BCUT2D eigenvalue weighted by Gasteiger charge is -2.27. The first-order valence-corrected chi connectivity index (χ1v) is 8.03. The number of hydrogen-bond donors (Lipinski definition) is 1. The topological polar surface area (TPSA) is 58.6 Å². The molecule has 0 unspecified atom stereocenters. The maximum atomic E-state index is 12.2. The van der Waals surface area contributed by atoms with Crippen molar-refractivity contribution in [1.82, 2.24) is 10.2 Å². The largest absolute Gasteiger partial charge is 0.497 e. The maximum absolute atomic E-state index is 12.2. The van der Waals surface area contributed by atoms with Crippen LogP contribution in [-0.2, 0) is 16.1 Å². The van der Waals surface area contributed by atoms with Crippen LogP contribution in [0.25, 0.3) is 0 Å². The molecule has 0 saturated heterocycles. The fraction of sp³-hybridized carbons (Fsp3) is 0.556. The number of benzene rings is 1. The minimum atomic E-state index is -0.498. The Balaban J connectivity index is 2.68. The van der Waals surface area contributed by atoms with Crippen molar-refractivity contribution >= 4 is 11.8 Å². The number of amides is 2. The summed E-state index contributed by atoms with van der Waals surface area (Å²) in [5, 5.41) is 2.90. The van der Waals surface area contributed by atoms with Crippen molar-refractivity contribution in [1.29, 1.82) is 0 Å². The third kappa shape index (κ3) is 6.30. The molecule has 0 aliphatic heterocycles. The highest BCUT2D eigenvalue weighted by molar-refractivity contribution is 5.86. The first kappa shape index (κ1) is 19.0. The van der Waals surface area contributed by atoms with Gasteiger partial charge in [-0.2, -0.15) is 0 Å². The van der Waals surface area contributed by atoms with E-state index in [0.717, 1.165) is 17.7 Å². The number of carbonyl (C=O) groups excluding carboxylic acids is 2. The number of methoxy groups -OCH3 is 1. The molecule has 0 aliphatic rings. The molecule has 0 spiro atoms.